The Morgan fingerprint density at radius 1 is 1.00 bits per heavy atom. The minimum absolute atomic E-state index is 0.603. The molecule has 1 heterocycles. The van der Waals surface area contributed by atoms with E-state index < -0.39 is 0 Å². The van der Waals surface area contributed by atoms with Crippen LogP contribution in [0.3, 0.4) is 0 Å². The highest BCUT2D eigenvalue weighted by Gasteiger charge is 2.25. The number of likely N-dealkylation sites (tertiary alicyclic amines) is 1. The molecule has 0 radical (unpaired) electrons. The standard InChI is InChI=1S/C10H21N.C2H6/c1-9(2)11-7-5-10(3,4)6-8-11;1-2/h9H,5-8H2,1-4H3;1-2H3. The van der Waals surface area contributed by atoms with Crippen LogP contribution in [-0.2, 0) is 0 Å². The first-order valence-corrected chi connectivity index (χ1v) is 5.75. The summed E-state index contributed by atoms with van der Waals surface area (Å²) in [5.74, 6) is 0. The van der Waals surface area contributed by atoms with E-state index in [1.54, 1.807) is 0 Å². The van der Waals surface area contributed by atoms with Crippen LogP contribution in [0, 0.1) is 5.41 Å². The molecule has 0 aliphatic carbocycles. The van der Waals surface area contributed by atoms with Crippen molar-refractivity contribution >= 4 is 0 Å². The van der Waals surface area contributed by atoms with Crippen molar-refractivity contribution in [3.8, 4) is 0 Å². The van der Waals surface area contributed by atoms with Crippen molar-refractivity contribution in [1.82, 2.24) is 4.90 Å². The average Bonchev–Trinajstić information content (AvgIpc) is 2.07. The molecule has 1 rings (SSSR count). The number of hydrogen-bond donors (Lipinski definition) is 0. The summed E-state index contributed by atoms with van der Waals surface area (Å²) in [6.45, 7) is 15.9. The van der Waals surface area contributed by atoms with Crippen LogP contribution in [0.5, 0.6) is 0 Å². The van der Waals surface area contributed by atoms with E-state index in [4.69, 9.17) is 0 Å². The van der Waals surface area contributed by atoms with Gasteiger partial charge in [-0.25, -0.2) is 0 Å². The van der Waals surface area contributed by atoms with Crippen molar-refractivity contribution in [1.29, 1.82) is 0 Å². The summed E-state index contributed by atoms with van der Waals surface area (Å²) in [7, 11) is 0. The maximum absolute atomic E-state index is 2.57. The molecule has 0 saturated carbocycles. The van der Waals surface area contributed by atoms with Crippen LogP contribution in [0.25, 0.3) is 0 Å². The van der Waals surface area contributed by atoms with Crippen LogP contribution in [0.4, 0.5) is 0 Å². The molecule has 1 fully saturated rings. The monoisotopic (exact) mass is 185 g/mol. The normalized spacial score (nSPS) is 22.4. The Kier molecular flexibility index (Phi) is 5.62. The minimum atomic E-state index is 0.603. The number of hydrogen-bond acceptors (Lipinski definition) is 1. The lowest BCUT2D eigenvalue weighted by atomic mass is 9.82. The van der Waals surface area contributed by atoms with E-state index in [1.807, 2.05) is 13.8 Å². The summed E-state index contributed by atoms with van der Waals surface area (Å²) in [4.78, 5) is 2.57. The van der Waals surface area contributed by atoms with E-state index >= 15 is 0 Å². The zero-order valence-corrected chi connectivity index (χ0v) is 10.4. The van der Waals surface area contributed by atoms with Crippen molar-refractivity contribution < 1.29 is 0 Å². The number of rotatable bonds is 1. The molecule has 0 amide bonds. The quantitative estimate of drug-likeness (QED) is 0.604. The van der Waals surface area contributed by atoms with E-state index in [0.717, 1.165) is 6.04 Å². The SMILES string of the molecule is CC.CC(C)N1CCC(C)(C)CC1. The molecule has 1 aliphatic heterocycles. The molecule has 13 heavy (non-hydrogen) atoms. The average molecular weight is 185 g/mol. The van der Waals surface area contributed by atoms with Gasteiger partial charge in [0.15, 0.2) is 0 Å². The summed E-state index contributed by atoms with van der Waals surface area (Å²) >= 11 is 0. The van der Waals surface area contributed by atoms with E-state index in [-0.39, 0.29) is 0 Å². The van der Waals surface area contributed by atoms with Crippen molar-refractivity contribution in [3.63, 3.8) is 0 Å². The Morgan fingerprint density at radius 3 is 1.69 bits per heavy atom. The second-order valence-electron chi connectivity index (χ2n) is 4.79. The van der Waals surface area contributed by atoms with Gasteiger partial charge in [0, 0.05) is 6.04 Å². The molecule has 1 saturated heterocycles. The molecule has 0 unspecified atom stereocenters. The molecule has 0 aromatic carbocycles. The van der Waals surface area contributed by atoms with Gasteiger partial charge < -0.3 is 4.90 Å². The fourth-order valence-electron chi connectivity index (χ4n) is 1.65. The lowest BCUT2D eigenvalue weighted by molar-refractivity contribution is 0.107. The second-order valence-corrected chi connectivity index (χ2v) is 4.79. The zero-order chi connectivity index (χ0) is 10.5. The fourth-order valence-corrected chi connectivity index (χ4v) is 1.65. The molecular formula is C12H27N. The van der Waals surface area contributed by atoms with Gasteiger partial charge in [0.25, 0.3) is 0 Å². The summed E-state index contributed by atoms with van der Waals surface area (Å²) in [5, 5.41) is 0. The van der Waals surface area contributed by atoms with Gasteiger partial charge in [-0.2, -0.15) is 0 Å². The maximum atomic E-state index is 2.57. The predicted molar refractivity (Wildman–Crippen MR) is 61.1 cm³/mol. The molecule has 0 aromatic rings. The Bertz CT molecular complexity index is 117. The molecule has 0 spiro atoms. The van der Waals surface area contributed by atoms with Gasteiger partial charge >= 0.3 is 0 Å². The van der Waals surface area contributed by atoms with Crippen LogP contribution >= 0.6 is 0 Å². The smallest absolute Gasteiger partial charge is 0.00385 e. The largest absolute Gasteiger partial charge is 0.301 e. The van der Waals surface area contributed by atoms with E-state index in [1.165, 1.54) is 25.9 Å². The lowest BCUT2D eigenvalue weighted by Crippen LogP contribution is -2.41. The van der Waals surface area contributed by atoms with E-state index in [2.05, 4.69) is 32.6 Å². The summed E-state index contributed by atoms with van der Waals surface area (Å²) in [6, 6.07) is 0.742. The van der Waals surface area contributed by atoms with Gasteiger partial charge in [0.1, 0.15) is 0 Å². The van der Waals surface area contributed by atoms with E-state index in [9.17, 15) is 0 Å². The predicted octanol–water partition coefficient (Wildman–Crippen LogP) is 3.54. The third-order valence-electron chi connectivity index (χ3n) is 2.88. The van der Waals surface area contributed by atoms with Gasteiger partial charge in [-0.15, -0.1) is 0 Å². The van der Waals surface area contributed by atoms with Crippen LogP contribution in [0.1, 0.15) is 54.4 Å². The Balaban J connectivity index is 0.000000671. The Morgan fingerprint density at radius 2 is 1.38 bits per heavy atom. The van der Waals surface area contributed by atoms with Gasteiger partial charge in [0.2, 0.25) is 0 Å². The number of nitrogens with zero attached hydrogens (tertiary/aromatic N) is 1. The van der Waals surface area contributed by atoms with Gasteiger partial charge in [-0.1, -0.05) is 27.7 Å². The van der Waals surface area contributed by atoms with Crippen molar-refractivity contribution in [2.45, 2.75) is 60.4 Å². The molecule has 0 atom stereocenters. The first-order chi connectivity index (χ1) is 6.01. The Hall–Kier alpha value is -0.0400. The van der Waals surface area contributed by atoms with Crippen LogP contribution in [-0.4, -0.2) is 24.0 Å². The Labute approximate surface area is 84.5 Å². The third-order valence-corrected chi connectivity index (χ3v) is 2.88. The highest BCUT2D eigenvalue weighted by Crippen LogP contribution is 2.30. The number of piperidine rings is 1. The molecule has 1 nitrogen and oxygen atoms in total. The van der Waals surface area contributed by atoms with Gasteiger partial charge in [0.05, 0.1) is 0 Å². The summed E-state index contributed by atoms with van der Waals surface area (Å²) in [5.41, 5.74) is 0.603. The highest BCUT2D eigenvalue weighted by atomic mass is 15.1. The zero-order valence-electron chi connectivity index (χ0n) is 10.4. The van der Waals surface area contributed by atoms with Crippen molar-refractivity contribution in [2.24, 2.45) is 5.41 Å². The lowest BCUT2D eigenvalue weighted by Gasteiger charge is -2.38. The molecule has 0 bridgehead atoms. The van der Waals surface area contributed by atoms with Crippen LogP contribution in [0.2, 0.25) is 0 Å². The molecule has 1 heteroatoms. The maximum Gasteiger partial charge on any atom is 0.00385 e. The van der Waals surface area contributed by atoms with Gasteiger partial charge in [-0.3, -0.25) is 0 Å². The molecule has 80 valence electrons. The first kappa shape index (κ1) is 13.0. The molecular weight excluding hydrogens is 158 g/mol. The minimum Gasteiger partial charge on any atom is -0.301 e. The summed E-state index contributed by atoms with van der Waals surface area (Å²) < 4.78 is 0. The topological polar surface area (TPSA) is 3.24 Å². The van der Waals surface area contributed by atoms with Crippen molar-refractivity contribution in [2.75, 3.05) is 13.1 Å². The third kappa shape index (κ3) is 4.66. The van der Waals surface area contributed by atoms with Crippen LogP contribution in [0.15, 0.2) is 0 Å². The molecule has 0 N–H and O–H groups in total. The second kappa shape index (κ2) is 5.64. The first-order valence-electron chi connectivity index (χ1n) is 5.75. The highest BCUT2D eigenvalue weighted by molar-refractivity contribution is 4.79. The van der Waals surface area contributed by atoms with Crippen molar-refractivity contribution in [3.05, 3.63) is 0 Å². The van der Waals surface area contributed by atoms with E-state index in [0.29, 0.717) is 5.41 Å². The molecule has 0 aromatic heterocycles. The van der Waals surface area contributed by atoms with Crippen LogP contribution < -0.4 is 0 Å². The van der Waals surface area contributed by atoms with Gasteiger partial charge in [-0.05, 0) is 45.2 Å². The fraction of sp³-hybridized carbons (Fsp3) is 1.00. The molecule has 1 aliphatic rings. The summed E-state index contributed by atoms with van der Waals surface area (Å²) in [6.07, 6.45) is 2.73.